The summed E-state index contributed by atoms with van der Waals surface area (Å²) in [5.41, 5.74) is 9.47. The van der Waals surface area contributed by atoms with Gasteiger partial charge in [-0.2, -0.15) is 0 Å². The molecule has 0 saturated carbocycles. The fourth-order valence-electron chi connectivity index (χ4n) is 2.47. The van der Waals surface area contributed by atoms with Crippen LogP contribution in [-0.2, 0) is 0 Å². The van der Waals surface area contributed by atoms with Gasteiger partial charge in [0.15, 0.2) is 0 Å². The van der Waals surface area contributed by atoms with Crippen molar-refractivity contribution >= 4 is 11.6 Å². The van der Waals surface area contributed by atoms with Crippen molar-refractivity contribution in [3.63, 3.8) is 0 Å². The Morgan fingerprint density at radius 3 is 2.68 bits per heavy atom. The fraction of sp³-hybridized carbons (Fsp3) is 0.250. The highest BCUT2D eigenvalue weighted by Crippen LogP contribution is 2.39. The van der Waals surface area contributed by atoms with E-state index < -0.39 is 0 Å². The zero-order valence-corrected chi connectivity index (χ0v) is 11.4. The highest BCUT2D eigenvalue weighted by Gasteiger charge is 2.20. The number of nitrogens with two attached hydrogens (primary N) is 1. The predicted molar refractivity (Wildman–Crippen MR) is 78.5 cm³/mol. The number of benzene rings is 2. The highest BCUT2D eigenvalue weighted by molar-refractivity contribution is 6.32. The Morgan fingerprint density at radius 2 is 1.89 bits per heavy atom. The summed E-state index contributed by atoms with van der Waals surface area (Å²) in [5.74, 6) is 0.756. The molecule has 1 atom stereocenters. The van der Waals surface area contributed by atoms with Crippen LogP contribution in [0.5, 0.6) is 5.75 Å². The van der Waals surface area contributed by atoms with Gasteiger partial charge in [-0.1, -0.05) is 41.9 Å². The third-order valence-corrected chi connectivity index (χ3v) is 3.77. The van der Waals surface area contributed by atoms with E-state index in [9.17, 15) is 0 Å². The molecule has 0 saturated heterocycles. The molecule has 0 bridgehead atoms. The second-order valence-corrected chi connectivity index (χ2v) is 5.25. The van der Waals surface area contributed by atoms with E-state index in [0.29, 0.717) is 11.6 Å². The maximum atomic E-state index is 6.35. The Balaban J connectivity index is 2.12. The molecule has 0 fully saturated rings. The first-order chi connectivity index (χ1) is 9.25. The van der Waals surface area contributed by atoms with Crippen LogP contribution in [0.25, 0.3) is 11.1 Å². The van der Waals surface area contributed by atoms with E-state index >= 15 is 0 Å². The quantitative estimate of drug-likeness (QED) is 0.846. The van der Waals surface area contributed by atoms with Crippen LogP contribution >= 0.6 is 11.6 Å². The summed E-state index contributed by atoms with van der Waals surface area (Å²) in [6.45, 7) is 0.686. The molecule has 1 unspecified atom stereocenters. The Bertz CT molecular complexity index is 583. The van der Waals surface area contributed by atoms with Crippen molar-refractivity contribution in [1.82, 2.24) is 0 Å². The monoisotopic (exact) mass is 273 g/mol. The van der Waals surface area contributed by atoms with Gasteiger partial charge < -0.3 is 10.5 Å². The molecule has 2 nitrogen and oxygen atoms in total. The lowest BCUT2D eigenvalue weighted by Crippen LogP contribution is -2.09. The van der Waals surface area contributed by atoms with Gasteiger partial charge in [-0.15, -0.1) is 0 Å². The van der Waals surface area contributed by atoms with Gasteiger partial charge in [0.25, 0.3) is 0 Å². The molecule has 3 rings (SSSR count). The standard InChI is InChI=1S/C16H16ClNO/c17-14-10-12(11-5-2-1-3-6-11)9-13-15(18)7-4-8-19-16(13)14/h1-3,5-6,9-10,15H,4,7-8,18H2. The van der Waals surface area contributed by atoms with Crippen LogP contribution in [0.15, 0.2) is 42.5 Å². The molecule has 3 heteroatoms. The second-order valence-electron chi connectivity index (χ2n) is 4.84. The van der Waals surface area contributed by atoms with Crippen molar-refractivity contribution in [3.8, 4) is 16.9 Å². The summed E-state index contributed by atoms with van der Waals surface area (Å²) in [7, 11) is 0. The normalized spacial score (nSPS) is 18.3. The summed E-state index contributed by atoms with van der Waals surface area (Å²) in [5, 5.41) is 0.647. The van der Waals surface area contributed by atoms with Crippen LogP contribution in [0.4, 0.5) is 0 Å². The van der Waals surface area contributed by atoms with Gasteiger partial charge in [0.2, 0.25) is 0 Å². The zero-order valence-electron chi connectivity index (χ0n) is 10.6. The minimum absolute atomic E-state index is 0.00124. The SMILES string of the molecule is NC1CCCOc2c(Cl)cc(-c3ccccc3)cc21. The van der Waals surface area contributed by atoms with E-state index in [1.807, 2.05) is 24.3 Å². The molecule has 1 aliphatic heterocycles. The van der Waals surface area contributed by atoms with E-state index in [-0.39, 0.29) is 6.04 Å². The minimum Gasteiger partial charge on any atom is -0.492 e. The molecular weight excluding hydrogens is 258 g/mol. The van der Waals surface area contributed by atoms with Gasteiger partial charge in [0.1, 0.15) is 5.75 Å². The van der Waals surface area contributed by atoms with E-state index in [0.717, 1.165) is 35.3 Å². The molecule has 0 radical (unpaired) electrons. The van der Waals surface area contributed by atoms with Crippen molar-refractivity contribution < 1.29 is 4.74 Å². The second kappa shape index (κ2) is 5.24. The number of rotatable bonds is 1. The van der Waals surface area contributed by atoms with Gasteiger partial charge in [-0.05, 0) is 36.1 Å². The van der Waals surface area contributed by atoms with Crippen molar-refractivity contribution in [2.45, 2.75) is 18.9 Å². The highest BCUT2D eigenvalue weighted by atomic mass is 35.5. The molecule has 0 aromatic heterocycles. The van der Waals surface area contributed by atoms with Crippen molar-refractivity contribution in [3.05, 3.63) is 53.1 Å². The maximum Gasteiger partial charge on any atom is 0.142 e. The van der Waals surface area contributed by atoms with Gasteiger partial charge in [0, 0.05) is 11.6 Å². The first-order valence-corrected chi connectivity index (χ1v) is 6.91. The van der Waals surface area contributed by atoms with Crippen molar-refractivity contribution in [2.24, 2.45) is 5.73 Å². The lowest BCUT2D eigenvalue weighted by Gasteiger charge is -2.15. The number of hydrogen-bond acceptors (Lipinski definition) is 2. The topological polar surface area (TPSA) is 35.2 Å². The first kappa shape index (κ1) is 12.5. The van der Waals surface area contributed by atoms with Crippen LogP contribution in [-0.4, -0.2) is 6.61 Å². The average Bonchev–Trinajstić information content (AvgIpc) is 2.63. The largest absolute Gasteiger partial charge is 0.492 e. The van der Waals surface area contributed by atoms with E-state index in [2.05, 4.69) is 18.2 Å². The zero-order chi connectivity index (χ0) is 13.2. The van der Waals surface area contributed by atoms with Gasteiger partial charge in [0.05, 0.1) is 11.6 Å². The molecule has 0 spiro atoms. The van der Waals surface area contributed by atoms with Crippen molar-refractivity contribution in [2.75, 3.05) is 6.61 Å². The maximum absolute atomic E-state index is 6.35. The van der Waals surface area contributed by atoms with Gasteiger partial charge in [-0.25, -0.2) is 0 Å². The van der Waals surface area contributed by atoms with Gasteiger partial charge in [-0.3, -0.25) is 0 Å². The van der Waals surface area contributed by atoms with Crippen LogP contribution in [0.3, 0.4) is 0 Å². The van der Waals surface area contributed by atoms with E-state index in [1.165, 1.54) is 0 Å². The van der Waals surface area contributed by atoms with Crippen LogP contribution in [0.2, 0.25) is 5.02 Å². The third kappa shape index (κ3) is 2.46. The number of halogens is 1. The first-order valence-electron chi connectivity index (χ1n) is 6.53. The summed E-state index contributed by atoms with van der Waals surface area (Å²) in [6, 6.07) is 14.2. The Morgan fingerprint density at radius 1 is 1.11 bits per heavy atom. The fourth-order valence-corrected chi connectivity index (χ4v) is 2.75. The number of ether oxygens (including phenoxy) is 1. The molecule has 19 heavy (non-hydrogen) atoms. The van der Waals surface area contributed by atoms with Crippen LogP contribution in [0.1, 0.15) is 24.4 Å². The predicted octanol–water partition coefficient (Wildman–Crippen LogP) is 4.18. The molecule has 0 aliphatic carbocycles. The Hall–Kier alpha value is -1.51. The molecule has 2 aromatic carbocycles. The average molecular weight is 274 g/mol. The summed E-state index contributed by atoms with van der Waals surface area (Å²) >= 11 is 6.35. The smallest absolute Gasteiger partial charge is 0.142 e. The van der Waals surface area contributed by atoms with E-state index in [4.69, 9.17) is 22.1 Å². The molecule has 2 aromatic rings. The van der Waals surface area contributed by atoms with Crippen molar-refractivity contribution in [1.29, 1.82) is 0 Å². The molecular formula is C16H16ClNO. The molecule has 1 heterocycles. The third-order valence-electron chi connectivity index (χ3n) is 3.48. The van der Waals surface area contributed by atoms with Crippen LogP contribution < -0.4 is 10.5 Å². The molecule has 98 valence electrons. The minimum atomic E-state index is -0.00124. The lowest BCUT2D eigenvalue weighted by molar-refractivity contribution is 0.316. The molecule has 0 amide bonds. The Kier molecular flexibility index (Phi) is 3.45. The summed E-state index contributed by atoms with van der Waals surface area (Å²) < 4.78 is 5.73. The molecule has 2 N–H and O–H groups in total. The summed E-state index contributed by atoms with van der Waals surface area (Å²) in [4.78, 5) is 0. The number of fused-ring (bicyclic) bond motifs is 1. The van der Waals surface area contributed by atoms with Crippen LogP contribution in [0, 0.1) is 0 Å². The van der Waals surface area contributed by atoms with Gasteiger partial charge >= 0.3 is 0 Å². The van der Waals surface area contributed by atoms with E-state index in [1.54, 1.807) is 0 Å². The summed E-state index contributed by atoms with van der Waals surface area (Å²) in [6.07, 6.45) is 1.90. The lowest BCUT2D eigenvalue weighted by atomic mass is 9.97. The Labute approximate surface area is 118 Å². The molecule has 1 aliphatic rings. The number of hydrogen-bond donors (Lipinski definition) is 1.